The molecule has 1 atom stereocenters. The molecular formula is C17H16N4O2S. The Kier molecular flexibility index (Phi) is 5.25. The van der Waals surface area contributed by atoms with Gasteiger partial charge in [0, 0.05) is 25.4 Å². The maximum Gasteiger partial charge on any atom is 0.263 e. The highest BCUT2D eigenvalue weighted by atomic mass is 32.1. The molecule has 7 heteroatoms. The molecule has 24 heavy (non-hydrogen) atoms. The number of aliphatic hydroxyl groups excluding tert-OH is 1. The van der Waals surface area contributed by atoms with Crippen LogP contribution in [0, 0.1) is 0 Å². The van der Waals surface area contributed by atoms with E-state index in [0.717, 1.165) is 5.56 Å². The van der Waals surface area contributed by atoms with Crippen molar-refractivity contribution < 1.29 is 9.90 Å². The molecule has 0 aliphatic carbocycles. The molecule has 2 aromatic heterocycles. The summed E-state index contributed by atoms with van der Waals surface area (Å²) < 4.78 is 0. The Morgan fingerprint density at radius 2 is 1.88 bits per heavy atom. The van der Waals surface area contributed by atoms with Crippen LogP contribution >= 0.6 is 11.3 Å². The zero-order valence-electron chi connectivity index (χ0n) is 12.8. The van der Waals surface area contributed by atoms with Gasteiger partial charge in [0.15, 0.2) is 10.8 Å². The first-order valence-electron chi connectivity index (χ1n) is 7.46. The lowest BCUT2D eigenvalue weighted by molar-refractivity contribution is 0.0919. The summed E-state index contributed by atoms with van der Waals surface area (Å²) in [5, 5.41) is 13.3. The molecule has 1 amide bonds. The number of carbonyl (C=O) groups excluding carboxylic acids is 1. The summed E-state index contributed by atoms with van der Waals surface area (Å²) in [4.78, 5) is 25.0. The van der Waals surface area contributed by atoms with Gasteiger partial charge in [-0.05, 0) is 11.6 Å². The summed E-state index contributed by atoms with van der Waals surface area (Å²) in [5.41, 5.74) is 1.03. The second-order valence-electron chi connectivity index (χ2n) is 5.16. The lowest BCUT2D eigenvalue weighted by Gasteiger charge is -2.11. The monoisotopic (exact) mass is 340 g/mol. The average molecular weight is 340 g/mol. The molecule has 2 heterocycles. The van der Waals surface area contributed by atoms with Gasteiger partial charge < -0.3 is 10.4 Å². The van der Waals surface area contributed by atoms with Gasteiger partial charge in [0.25, 0.3) is 5.91 Å². The highest BCUT2D eigenvalue weighted by Crippen LogP contribution is 2.21. The van der Waals surface area contributed by atoms with E-state index in [2.05, 4.69) is 20.3 Å². The van der Waals surface area contributed by atoms with Crippen molar-refractivity contribution in [1.29, 1.82) is 0 Å². The molecule has 2 N–H and O–H groups in total. The van der Waals surface area contributed by atoms with Crippen LogP contribution in [0.3, 0.4) is 0 Å². The molecule has 3 rings (SSSR count). The van der Waals surface area contributed by atoms with Crippen LogP contribution in [0.1, 0.15) is 15.2 Å². The SMILES string of the molecule is O=C(NCC(O)Cc1ccccc1)c1cnc(-c2ncccn2)s1. The minimum atomic E-state index is -0.638. The molecule has 0 saturated heterocycles. The topological polar surface area (TPSA) is 88.0 Å². The molecule has 0 spiro atoms. The third-order valence-corrected chi connectivity index (χ3v) is 4.29. The van der Waals surface area contributed by atoms with Gasteiger partial charge in [0.1, 0.15) is 4.88 Å². The fourth-order valence-electron chi connectivity index (χ4n) is 2.15. The first-order valence-corrected chi connectivity index (χ1v) is 8.27. The van der Waals surface area contributed by atoms with Crippen LogP contribution in [-0.4, -0.2) is 38.6 Å². The molecule has 0 bridgehead atoms. The third-order valence-electron chi connectivity index (χ3n) is 3.30. The minimum Gasteiger partial charge on any atom is -0.391 e. The van der Waals surface area contributed by atoms with Crippen molar-refractivity contribution in [2.24, 2.45) is 0 Å². The predicted octanol–water partition coefficient (Wildman–Crippen LogP) is 1.93. The molecular weight excluding hydrogens is 324 g/mol. The minimum absolute atomic E-state index is 0.183. The number of nitrogens with one attached hydrogen (secondary N) is 1. The first-order chi connectivity index (χ1) is 11.7. The summed E-state index contributed by atoms with van der Waals surface area (Å²) in [7, 11) is 0. The van der Waals surface area contributed by atoms with Crippen LogP contribution in [0.2, 0.25) is 0 Å². The number of hydrogen-bond donors (Lipinski definition) is 2. The van der Waals surface area contributed by atoms with E-state index in [-0.39, 0.29) is 12.5 Å². The van der Waals surface area contributed by atoms with Crippen LogP contribution in [0.15, 0.2) is 55.0 Å². The molecule has 0 saturated carbocycles. The fraction of sp³-hybridized carbons (Fsp3) is 0.176. The lowest BCUT2D eigenvalue weighted by Crippen LogP contribution is -2.32. The molecule has 0 aliphatic rings. The van der Waals surface area contributed by atoms with E-state index in [1.807, 2.05) is 30.3 Å². The highest BCUT2D eigenvalue weighted by Gasteiger charge is 2.14. The van der Waals surface area contributed by atoms with Crippen molar-refractivity contribution in [3.8, 4) is 10.8 Å². The summed E-state index contributed by atoms with van der Waals surface area (Å²) in [5.74, 6) is 0.229. The maximum atomic E-state index is 12.2. The Morgan fingerprint density at radius 3 is 2.62 bits per heavy atom. The van der Waals surface area contributed by atoms with Crippen molar-refractivity contribution in [2.45, 2.75) is 12.5 Å². The zero-order valence-corrected chi connectivity index (χ0v) is 13.6. The van der Waals surface area contributed by atoms with Gasteiger partial charge >= 0.3 is 0 Å². The Bertz CT molecular complexity index is 793. The van der Waals surface area contributed by atoms with Gasteiger partial charge in [-0.2, -0.15) is 0 Å². The van der Waals surface area contributed by atoms with Crippen LogP contribution in [0.4, 0.5) is 0 Å². The summed E-state index contributed by atoms with van der Waals surface area (Å²) in [6, 6.07) is 11.4. The Balaban J connectivity index is 1.55. The van der Waals surface area contributed by atoms with Gasteiger partial charge in [-0.25, -0.2) is 15.0 Å². The molecule has 3 aromatic rings. The van der Waals surface area contributed by atoms with Crippen LogP contribution in [0.25, 0.3) is 10.8 Å². The van der Waals surface area contributed by atoms with Gasteiger partial charge in [0.2, 0.25) is 0 Å². The second-order valence-corrected chi connectivity index (χ2v) is 6.19. The smallest absolute Gasteiger partial charge is 0.263 e. The normalized spacial score (nSPS) is 11.9. The number of rotatable bonds is 6. The second kappa shape index (κ2) is 7.76. The summed E-state index contributed by atoms with van der Waals surface area (Å²) >= 11 is 1.22. The van der Waals surface area contributed by atoms with Crippen LogP contribution in [-0.2, 0) is 6.42 Å². The predicted molar refractivity (Wildman–Crippen MR) is 91.6 cm³/mol. The first kappa shape index (κ1) is 16.2. The van der Waals surface area contributed by atoms with E-state index < -0.39 is 6.10 Å². The van der Waals surface area contributed by atoms with Gasteiger partial charge in [-0.3, -0.25) is 4.79 Å². The number of aliphatic hydroxyl groups is 1. The zero-order chi connectivity index (χ0) is 16.8. The van der Waals surface area contributed by atoms with Gasteiger partial charge in [-0.15, -0.1) is 11.3 Å². The van der Waals surface area contributed by atoms with Crippen molar-refractivity contribution >= 4 is 17.2 Å². The standard InChI is InChI=1S/C17H16N4O2S/c22-13(9-12-5-2-1-3-6-12)10-20-16(23)14-11-21-17(24-14)15-18-7-4-8-19-15/h1-8,11,13,22H,9-10H2,(H,20,23). The Morgan fingerprint density at radius 1 is 1.12 bits per heavy atom. The summed E-state index contributed by atoms with van der Waals surface area (Å²) in [6.45, 7) is 0.183. The average Bonchev–Trinajstić information content (AvgIpc) is 3.11. The van der Waals surface area contributed by atoms with E-state index in [4.69, 9.17) is 0 Å². The number of amides is 1. The maximum absolute atomic E-state index is 12.2. The fourth-order valence-corrected chi connectivity index (χ4v) is 2.93. The van der Waals surface area contributed by atoms with E-state index in [1.54, 1.807) is 18.5 Å². The summed E-state index contributed by atoms with van der Waals surface area (Å²) in [6.07, 6.45) is 4.61. The van der Waals surface area contributed by atoms with Crippen molar-refractivity contribution in [3.63, 3.8) is 0 Å². The Hall–Kier alpha value is -2.64. The van der Waals surface area contributed by atoms with E-state index >= 15 is 0 Å². The van der Waals surface area contributed by atoms with Crippen LogP contribution < -0.4 is 5.32 Å². The van der Waals surface area contributed by atoms with Gasteiger partial charge in [0.05, 0.1) is 12.3 Å². The number of aromatic nitrogens is 3. The molecule has 0 fully saturated rings. The number of carbonyl (C=O) groups is 1. The number of nitrogens with zero attached hydrogens (tertiary/aromatic N) is 3. The lowest BCUT2D eigenvalue weighted by atomic mass is 10.1. The molecule has 1 unspecified atom stereocenters. The molecule has 0 aliphatic heterocycles. The molecule has 6 nitrogen and oxygen atoms in total. The van der Waals surface area contributed by atoms with Crippen molar-refractivity contribution in [1.82, 2.24) is 20.3 Å². The third kappa shape index (κ3) is 4.21. The van der Waals surface area contributed by atoms with Crippen molar-refractivity contribution in [2.75, 3.05) is 6.54 Å². The largest absolute Gasteiger partial charge is 0.391 e. The van der Waals surface area contributed by atoms with Gasteiger partial charge in [-0.1, -0.05) is 30.3 Å². The number of hydrogen-bond acceptors (Lipinski definition) is 6. The van der Waals surface area contributed by atoms with E-state index in [9.17, 15) is 9.90 Å². The number of benzene rings is 1. The quantitative estimate of drug-likeness (QED) is 0.716. The molecule has 1 aromatic carbocycles. The van der Waals surface area contributed by atoms with E-state index in [0.29, 0.717) is 22.1 Å². The van der Waals surface area contributed by atoms with Crippen molar-refractivity contribution in [3.05, 3.63) is 65.4 Å². The highest BCUT2D eigenvalue weighted by molar-refractivity contribution is 7.16. The molecule has 0 radical (unpaired) electrons. The van der Waals surface area contributed by atoms with Crippen LogP contribution in [0.5, 0.6) is 0 Å². The van der Waals surface area contributed by atoms with E-state index in [1.165, 1.54) is 17.5 Å². The molecule has 122 valence electrons. The number of thiazole rings is 1. The Labute approximate surface area is 143 Å².